The summed E-state index contributed by atoms with van der Waals surface area (Å²) >= 11 is 12.8. The molecule has 1 saturated heterocycles. The number of aryl methyl sites for hydroxylation is 1. The van der Waals surface area contributed by atoms with E-state index in [1.54, 1.807) is 70.2 Å². The molecule has 0 aliphatic carbocycles. The molecule has 0 radical (unpaired) electrons. The second-order valence-electron chi connectivity index (χ2n) is 10.8. The summed E-state index contributed by atoms with van der Waals surface area (Å²) in [5.41, 5.74) is -0.189. The summed E-state index contributed by atoms with van der Waals surface area (Å²) in [6.45, 7) is 6.81. The molecule has 7 nitrogen and oxygen atoms in total. The Balaban J connectivity index is 1.78. The summed E-state index contributed by atoms with van der Waals surface area (Å²) in [5, 5.41) is 6.70. The molecule has 0 unspecified atom stereocenters. The fourth-order valence-electron chi connectivity index (χ4n) is 5.95. The van der Waals surface area contributed by atoms with Crippen LogP contribution in [0.1, 0.15) is 61.4 Å². The molecule has 3 aromatic rings. The van der Waals surface area contributed by atoms with E-state index in [2.05, 4.69) is 10.6 Å². The summed E-state index contributed by atoms with van der Waals surface area (Å²) in [4.78, 5) is 40.5. The molecule has 0 saturated carbocycles. The number of halogens is 3. The third kappa shape index (κ3) is 4.93. The second kappa shape index (κ2) is 10.7. The van der Waals surface area contributed by atoms with Gasteiger partial charge in [0.2, 0.25) is 11.8 Å². The standard InChI is InChI=1S/C31H29Cl2FN2O5/c1-5-40-29(39)30(3,4)41-25-11-8-17(32)12-21(25)23-15-26(37)36-27(20-14-19(34)9-6-16(20)2)31(23)22-10-7-18(33)13-24(22)35-28(31)38/h6-14,23,27H,5,15H2,1-4H3,(H,35,38)(H,36,37)/t23-,27+,31-/m0/s1. The van der Waals surface area contributed by atoms with Crippen LogP contribution < -0.4 is 15.4 Å². The summed E-state index contributed by atoms with van der Waals surface area (Å²) < 4.78 is 26.1. The van der Waals surface area contributed by atoms with Gasteiger partial charge in [0.15, 0.2) is 5.60 Å². The predicted octanol–water partition coefficient (Wildman–Crippen LogP) is 6.40. The van der Waals surface area contributed by atoms with Crippen molar-refractivity contribution in [2.24, 2.45) is 0 Å². The molecule has 2 N–H and O–H groups in total. The van der Waals surface area contributed by atoms with Crippen molar-refractivity contribution in [3.63, 3.8) is 0 Å². The van der Waals surface area contributed by atoms with E-state index in [4.69, 9.17) is 32.7 Å². The molecule has 2 aliphatic rings. The van der Waals surface area contributed by atoms with Crippen molar-refractivity contribution in [1.29, 1.82) is 0 Å². The number of rotatable bonds is 6. The van der Waals surface area contributed by atoms with Gasteiger partial charge in [-0.05, 0) is 86.8 Å². The first-order valence-corrected chi connectivity index (χ1v) is 14.0. The first kappa shape index (κ1) is 28.9. The Kier molecular flexibility index (Phi) is 7.51. The number of hydrogen-bond acceptors (Lipinski definition) is 5. The smallest absolute Gasteiger partial charge is 0.349 e. The third-order valence-corrected chi connectivity index (χ3v) is 8.25. The van der Waals surface area contributed by atoms with Crippen LogP contribution in [0, 0.1) is 12.7 Å². The molecule has 0 aromatic heterocycles. The van der Waals surface area contributed by atoms with E-state index in [9.17, 15) is 18.8 Å². The minimum atomic E-state index is -1.46. The zero-order valence-electron chi connectivity index (χ0n) is 22.9. The van der Waals surface area contributed by atoms with Crippen molar-refractivity contribution < 1.29 is 28.2 Å². The van der Waals surface area contributed by atoms with E-state index in [0.717, 1.165) is 0 Å². The lowest BCUT2D eigenvalue weighted by atomic mass is 9.59. The molecular formula is C31H29Cl2FN2O5. The van der Waals surface area contributed by atoms with Gasteiger partial charge in [-0.1, -0.05) is 35.3 Å². The number of hydrogen-bond donors (Lipinski definition) is 2. The molecule has 10 heteroatoms. The Labute approximate surface area is 247 Å². The quantitative estimate of drug-likeness (QED) is 0.320. The minimum absolute atomic E-state index is 0.114. The van der Waals surface area contributed by atoms with Gasteiger partial charge in [-0.3, -0.25) is 9.59 Å². The zero-order valence-corrected chi connectivity index (χ0v) is 24.5. The molecule has 0 bridgehead atoms. The van der Waals surface area contributed by atoms with E-state index < -0.39 is 40.7 Å². The van der Waals surface area contributed by atoms with Crippen molar-refractivity contribution in [2.75, 3.05) is 11.9 Å². The highest BCUT2D eigenvalue weighted by molar-refractivity contribution is 6.31. The highest BCUT2D eigenvalue weighted by Crippen LogP contribution is 2.59. The molecular weight excluding hydrogens is 570 g/mol. The van der Waals surface area contributed by atoms with Crippen LogP contribution in [0.2, 0.25) is 10.0 Å². The Hall–Kier alpha value is -3.62. The molecule has 1 spiro atoms. The number of anilines is 1. The highest BCUT2D eigenvalue weighted by atomic mass is 35.5. The summed E-state index contributed by atoms with van der Waals surface area (Å²) in [5.74, 6) is -2.41. The fraction of sp³-hybridized carbons (Fsp3) is 0.323. The van der Waals surface area contributed by atoms with Gasteiger partial charge in [0.05, 0.1) is 12.6 Å². The Morgan fingerprint density at radius 1 is 1.05 bits per heavy atom. The van der Waals surface area contributed by atoms with Gasteiger partial charge >= 0.3 is 5.97 Å². The first-order chi connectivity index (χ1) is 19.4. The Morgan fingerprint density at radius 3 is 2.49 bits per heavy atom. The van der Waals surface area contributed by atoms with Crippen LogP contribution in [-0.4, -0.2) is 30.0 Å². The number of carbonyl (C=O) groups is 3. The van der Waals surface area contributed by atoms with Crippen molar-refractivity contribution in [1.82, 2.24) is 5.32 Å². The molecule has 3 atom stereocenters. The van der Waals surface area contributed by atoms with Gasteiger partial charge in [-0.25, -0.2) is 9.18 Å². The number of piperidine rings is 1. The first-order valence-electron chi connectivity index (χ1n) is 13.2. The van der Waals surface area contributed by atoms with Gasteiger partial charge in [0, 0.05) is 33.6 Å². The SMILES string of the molecule is CCOC(=O)C(C)(C)Oc1ccc(Cl)cc1[C@@H]1CC(=O)N[C@H](c2cc(F)ccc2C)[C@@]12C(=O)Nc1cc(Cl)ccc12. The average molecular weight is 599 g/mol. The van der Waals surface area contributed by atoms with Crippen LogP contribution in [0.4, 0.5) is 10.1 Å². The summed E-state index contributed by atoms with van der Waals surface area (Å²) in [6, 6.07) is 13.2. The molecule has 2 aliphatic heterocycles. The fourth-order valence-corrected chi connectivity index (χ4v) is 6.30. The number of amides is 2. The molecule has 5 rings (SSSR count). The largest absolute Gasteiger partial charge is 0.476 e. The van der Waals surface area contributed by atoms with Gasteiger partial charge in [-0.15, -0.1) is 0 Å². The van der Waals surface area contributed by atoms with Crippen LogP contribution in [0.3, 0.4) is 0 Å². The second-order valence-corrected chi connectivity index (χ2v) is 11.7. The monoisotopic (exact) mass is 598 g/mol. The molecule has 2 amide bonds. The number of benzene rings is 3. The molecule has 214 valence electrons. The number of nitrogens with one attached hydrogen (secondary N) is 2. The van der Waals surface area contributed by atoms with Gasteiger partial charge in [0.1, 0.15) is 17.0 Å². The molecule has 3 aromatic carbocycles. The van der Waals surface area contributed by atoms with Crippen molar-refractivity contribution in [3.05, 3.63) is 92.7 Å². The van der Waals surface area contributed by atoms with Crippen LogP contribution in [0.15, 0.2) is 54.6 Å². The van der Waals surface area contributed by atoms with E-state index in [0.29, 0.717) is 38.0 Å². The van der Waals surface area contributed by atoms with Crippen LogP contribution in [0.5, 0.6) is 5.75 Å². The maximum absolute atomic E-state index is 14.7. The number of ether oxygens (including phenoxy) is 2. The predicted molar refractivity (Wildman–Crippen MR) is 154 cm³/mol. The third-order valence-electron chi connectivity index (χ3n) is 7.78. The Bertz CT molecular complexity index is 1580. The highest BCUT2D eigenvalue weighted by Gasteiger charge is 2.62. The van der Waals surface area contributed by atoms with Crippen molar-refractivity contribution in [3.8, 4) is 5.75 Å². The van der Waals surface area contributed by atoms with E-state index in [-0.39, 0.29) is 24.7 Å². The van der Waals surface area contributed by atoms with Gasteiger partial charge in [-0.2, -0.15) is 0 Å². The average Bonchev–Trinajstić information content (AvgIpc) is 3.18. The summed E-state index contributed by atoms with van der Waals surface area (Å²) in [7, 11) is 0. The lowest BCUT2D eigenvalue weighted by Gasteiger charge is -2.47. The van der Waals surface area contributed by atoms with E-state index >= 15 is 0 Å². The zero-order chi connectivity index (χ0) is 29.7. The van der Waals surface area contributed by atoms with Crippen molar-refractivity contribution >= 4 is 46.7 Å². The number of carbonyl (C=O) groups excluding carboxylic acids is 3. The lowest BCUT2D eigenvalue weighted by molar-refractivity contribution is -0.158. The summed E-state index contributed by atoms with van der Waals surface area (Å²) in [6.07, 6.45) is -0.114. The van der Waals surface area contributed by atoms with Crippen LogP contribution in [-0.2, 0) is 24.5 Å². The number of esters is 1. The normalized spacial score (nSPS) is 21.7. The van der Waals surface area contributed by atoms with Gasteiger partial charge in [0.25, 0.3) is 0 Å². The Morgan fingerprint density at radius 2 is 1.76 bits per heavy atom. The van der Waals surface area contributed by atoms with E-state index in [1.165, 1.54) is 12.1 Å². The maximum atomic E-state index is 14.7. The maximum Gasteiger partial charge on any atom is 0.349 e. The van der Waals surface area contributed by atoms with Gasteiger partial charge < -0.3 is 20.1 Å². The van der Waals surface area contributed by atoms with E-state index in [1.807, 2.05) is 0 Å². The van der Waals surface area contributed by atoms with Crippen LogP contribution >= 0.6 is 23.2 Å². The number of fused-ring (bicyclic) bond motifs is 2. The molecule has 41 heavy (non-hydrogen) atoms. The van der Waals surface area contributed by atoms with Crippen LogP contribution in [0.25, 0.3) is 0 Å². The molecule has 2 heterocycles. The lowest BCUT2D eigenvalue weighted by Crippen LogP contribution is -2.57. The minimum Gasteiger partial charge on any atom is -0.476 e. The molecule has 1 fully saturated rings. The van der Waals surface area contributed by atoms with Crippen molar-refractivity contribution in [2.45, 2.75) is 57.1 Å². The topological polar surface area (TPSA) is 93.7 Å².